The molecule has 0 radical (unpaired) electrons. The molecular weight excluding hydrogens is 208 g/mol. The molecule has 2 aromatic rings. The highest BCUT2D eigenvalue weighted by molar-refractivity contribution is 6.30. The molecule has 0 spiro atoms. The van der Waals surface area contributed by atoms with Gasteiger partial charge in [-0.05, 0) is 29.8 Å². The van der Waals surface area contributed by atoms with E-state index in [4.69, 9.17) is 17.3 Å². The lowest BCUT2D eigenvalue weighted by atomic mass is 10.1. The van der Waals surface area contributed by atoms with E-state index < -0.39 is 0 Å². The predicted octanol–water partition coefficient (Wildman–Crippen LogP) is 2.86. The fourth-order valence-corrected chi connectivity index (χ4v) is 1.51. The minimum Gasteiger partial charge on any atom is -0.326 e. The van der Waals surface area contributed by atoms with Crippen LogP contribution in [0.15, 0.2) is 42.6 Å². The molecule has 1 aromatic carbocycles. The zero-order valence-corrected chi connectivity index (χ0v) is 8.91. The fraction of sp³-hybridized carbons (Fsp3) is 0.0833. The SMILES string of the molecule is NCc1ccnc(-c2ccc(Cl)cc2)c1. The molecule has 0 atom stereocenters. The van der Waals surface area contributed by atoms with Crippen LogP contribution in [-0.2, 0) is 6.54 Å². The van der Waals surface area contributed by atoms with Gasteiger partial charge in [0.15, 0.2) is 0 Å². The lowest BCUT2D eigenvalue weighted by Gasteiger charge is -2.02. The molecule has 0 unspecified atom stereocenters. The zero-order valence-electron chi connectivity index (χ0n) is 8.15. The van der Waals surface area contributed by atoms with Crippen molar-refractivity contribution in [3.05, 3.63) is 53.2 Å². The van der Waals surface area contributed by atoms with E-state index in [9.17, 15) is 0 Å². The first-order chi connectivity index (χ1) is 7.29. The minimum atomic E-state index is 0.531. The average Bonchev–Trinajstić information content (AvgIpc) is 2.30. The number of halogens is 1. The lowest BCUT2D eigenvalue weighted by molar-refractivity contribution is 1.06. The van der Waals surface area contributed by atoms with Gasteiger partial charge in [0.05, 0.1) is 5.69 Å². The van der Waals surface area contributed by atoms with Crippen molar-refractivity contribution >= 4 is 11.6 Å². The first-order valence-corrected chi connectivity index (χ1v) is 5.08. The third-order valence-corrected chi connectivity index (χ3v) is 2.45. The van der Waals surface area contributed by atoms with E-state index in [2.05, 4.69) is 4.98 Å². The van der Waals surface area contributed by atoms with Gasteiger partial charge in [0.1, 0.15) is 0 Å². The highest BCUT2D eigenvalue weighted by Gasteiger charge is 1.99. The van der Waals surface area contributed by atoms with Crippen LogP contribution in [0.25, 0.3) is 11.3 Å². The van der Waals surface area contributed by atoms with Crippen molar-refractivity contribution in [3.8, 4) is 11.3 Å². The van der Waals surface area contributed by atoms with Crippen LogP contribution in [0.5, 0.6) is 0 Å². The van der Waals surface area contributed by atoms with Crippen LogP contribution in [0.4, 0.5) is 0 Å². The average molecular weight is 219 g/mol. The Morgan fingerprint density at radius 3 is 2.53 bits per heavy atom. The highest BCUT2D eigenvalue weighted by Crippen LogP contribution is 2.19. The summed E-state index contributed by atoms with van der Waals surface area (Å²) in [6, 6.07) is 11.5. The number of nitrogens with zero attached hydrogens (tertiary/aromatic N) is 1. The number of aromatic nitrogens is 1. The van der Waals surface area contributed by atoms with Crippen LogP contribution in [0.2, 0.25) is 5.02 Å². The topological polar surface area (TPSA) is 38.9 Å². The summed E-state index contributed by atoms with van der Waals surface area (Å²) in [5.41, 5.74) is 8.63. The van der Waals surface area contributed by atoms with E-state index in [1.165, 1.54) is 0 Å². The Morgan fingerprint density at radius 1 is 1.13 bits per heavy atom. The minimum absolute atomic E-state index is 0.531. The van der Waals surface area contributed by atoms with Crippen LogP contribution >= 0.6 is 11.6 Å². The summed E-state index contributed by atoms with van der Waals surface area (Å²) in [5, 5.41) is 0.730. The Balaban J connectivity index is 2.40. The van der Waals surface area contributed by atoms with Crippen molar-refractivity contribution in [2.24, 2.45) is 5.73 Å². The molecule has 0 aliphatic heterocycles. The smallest absolute Gasteiger partial charge is 0.0705 e. The van der Waals surface area contributed by atoms with Gasteiger partial charge in [0.2, 0.25) is 0 Å². The Bertz CT molecular complexity index is 451. The molecule has 0 saturated heterocycles. The Labute approximate surface area is 93.7 Å². The summed E-state index contributed by atoms with van der Waals surface area (Å²) in [4.78, 5) is 4.29. The van der Waals surface area contributed by atoms with Crippen molar-refractivity contribution in [3.63, 3.8) is 0 Å². The lowest BCUT2D eigenvalue weighted by Crippen LogP contribution is -1.96. The number of pyridine rings is 1. The molecule has 2 rings (SSSR count). The molecule has 1 aromatic heterocycles. The van der Waals surface area contributed by atoms with Gasteiger partial charge in [-0.1, -0.05) is 23.7 Å². The number of nitrogens with two attached hydrogens (primary N) is 1. The molecule has 0 saturated carbocycles. The largest absolute Gasteiger partial charge is 0.326 e. The van der Waals surface area contributed by atoms with Gasteiger partial charge in [0, 0.05) is 23.3 Å². The van der Waals surface area contributed by atoms with Crippen molar-refractivity contribution < 1.29 is 0 Å². The second-order valence-electron chi connectivity index (χ2n) is 3.26. The van der Waals surface area contributed by atoms with Gasteiger partial charge < -0.3 is 5.73 Å². The molecule has 2 nitrogen and oxygen atoms in total. The molecule has 0 aliphatic rings. The van der Waals surface area contributed by atoms with Crippen LogP contribution < -0.4 is 5.73 Å². The van der Waals surface area contributed by atoms with Crippen LogP contribution in [0, 0.1) is 0 Å². The van der Waals surface area contributed by atoms with Crippen molar-refractivity contribution in [2.45, 2.75) is 6.54 Å². The summed E-state index contributed by atoms with van der Waals surface area (Å²) < 4.78 is 0. The van der Waals surface area contributed by atoms with Crippen molar-refractivity contribution in [1.29, 1.82) is 0 Å². The van der Waals surface area contributed by atoms with E-state index in [1.54, 1.807) is 6.20 Å². The van der Waals surface area contributed by atoms with Gasteiger partial charge in [-0.3, -0.25) is 4.98 Å². The predicted molar refractivity (Wildman–Crippen MR) is 62.6 cm³/mol. The Kier molecular flexibility index (Phi) is 2.99. The standard InChI is InChI=1S/C12H11ClN2/c13-11-3-1-10(2-4-11)12-7-9(8-14)5-6-15-12/h1-7H,8,14H2. The van der Waals surface area contributed by atoms with E-state index in [-0.39, 0.29) is 0 Å². The van der Waals surface area contributed by atoms with Gasteiger partial charge in [0.25, 0.3) is 0 Å². The second kappa shape index (κ2) is 4.43. The number of benzene rings is 1. The summed E-state index contributed by atoms with van der Waals surface area (Å²) in [7, 11) is 0. The molecule has 76 valence electrons. The third-order valence-electron chi connectivity index (χ3n) is 2.20. The molecule has 0 aliphatic carbocycles. The Hall–Kier alpha value is -1.38. The maximum Gasteiger partial charge on any atom is 0.0705 e. The molecule has 3 heteroatoms. The molecule has 0 fully saturated rings. The van der Waals surface area contributed by atoms with Crippen LogP contribution in [0.3, 0.4) is 0 Å². The fourth-order valence-electron chi connectivity index (χ4n) is 1.38. The summed E-state index contributed by atoms with van der Waals surface area (Å²) in [5.74, 6) is 0. The second-order valence-corrected chi connectivity index (χ2v) is 3.70. The van der Waals surface area contributed by atoms with E-state index in [0.717, 1.165) is 21.8 Å². The maximum atomic E-state index is 5.82. The summed E-state index contributed by atoms with van der Waals surface area (Å²) in [6.45, 7) is 0.531. The molecule has 0 amide bonds. The molecule has 15 heavy (non-hydrogen) atoms. The monoisotopic (exact) mass is 218 g/mol. The molecule has 1 heterocycles. The maximum absolute atomic E-state index is 5.82. The van der Waals surface area contributed by atoms with E-state index in [0.29, 0.717) is 6.54 Å². The summed E-state index contributed by atoms with van der Waals surface area (Å²) in [6.07, 6.45) is 1.77. The van der Waals surface area contributed by atoms with Crippen molar-refractivity contribution in [1.82, 2.24) is 4.98 Å². The van der Waals surface area contributed by atoms with Crippen LogP contribution in [-0.4, -0.2) is 4.98 Å². The van der Waals surface area contributed by atoms with Gasteiger partial charge in [-0.15, -0.1) is 0 Å². The zero-order chi connectivity index (χ0) is 10.7. The first kappa shape index (κ1) is 10.1. The first-order valence-electron chi connectivity index (χ1n) is 4.70. The molecule has 0 bridgehead atoms. The number of hydrogen-bond donors (Lipinski definition) is 1. The van der Waals surface area contributed by atoms with Gasteiger partial charge in [-0.2, -0.15) is 0 Å². The molecular formula is C12H11ClN2. The van der Waals surface area contributed by atoms with E-state index in [1.807, 2.05) is 36.4 Å². The number of hydrogen-bond acceptors (Lipinski definition) is 2. The summed E-state index contributed by atoms with van der Waals surface area (Å²) >= 11 is 5.82. The van der Waals surface area contributed by atoms with Gasteiger partial charge in [-0.25, -0.2) is 0 Å². The highest BCUT2D eigenvalue weighted by atomic mass is 35.5. The third kappa shape index (κ3) is 2.35. The Morgan fingerprint density at radius 2 is 1.87 bits per heavy atom. The molecule has 2 N–H and O–H groups in total. The number of rotatable bonds is 2. The van der Waals surface area contributed by atoms with Crippen LogP contribution in [0.1, 0.15) is 5.56 Å². The van der Waals surface area contributed by atoms with Crippen molar-refractivity contribution in [2.75, 3.05) is 0 Å². The van der Waals surface area contributed by atoms with E-state index >= 15 is 0 Å². The van der Waals surface area contributed by atoms with Gasteiger partial charge >= 0.3 is 0 Å². The quantitative estimate of drug-likeness (QED) is 0.842. The normalized spacial score (nSPS) is 10.3.